The van der Waals surface area contributed by atoms with Crippen LogP contribution in [0.15, 0.2) is 82.6 Å². The summed E-state index contributed by atoms with van der Waals surface area (Å²) in [6.45, 7) is 2.36. The van der Waals surface area contributed by atoms with E-state index in [2.05, 4.69) is 31.2 Å². The number of nitrogens with zero attached hydrogens (tertiary/aromatic N) is 3. The van der Waals surface area contributed by atoms with Crippen LogP contribution in [0, 0.1) is 0 Å². The SMILES string of the molecule is CC(Sc1ccc(Br)cc1)C(=O)NCc1ccc(-n2cnc3ccccc32)nc1. The Bertz CT molecular complexity index is 1130. The second-order valence-electron chi connectivity index (χ2n) is 6.56. The number of rotatable bonds is 6. The number of fused-ring (bicyclic) bond motifs is 1. The van der Waals surface area contributed by atoms with Gasteiger partial charge in [-0.05, 0) is 55.0 Å². The zero-order valence-electron chi connectivity index (χ0n) is 15.7. The third-order valence-electron chi connectivity index (χ3n) is 4.47. The van der Waals surface area contributed by atoms with Crippen molar-refractivity contribution in [3.05, 3.63) is 83.2 Å². The van der Waals surface area contributed by atoms with E-state index in [4.69, 9.17) is 0 Å². The first-order valence-electron chi connectivity index (χ1n) is 9.17. The summed E-state index contributed by atoms with van der Waals surface area (Å²) < 4.78 is 2.98. The number of pyridine rings is 1. The molecule has 1 atom stereocenters. The Labute approximate surface area is 181 Å². The first-order valence-corrected chi connectivity index (χ1v) is 10.8. The molecule has 0 saturated carbocycles. The lowest BCUT2D eigenvalue weighted by atomic mass is 10.2. The fraction of sp³-hybridized carbons (Fsp3) is 0.136. The van der Waals surface area contributed by atoms with Gasteiger partial charge in [0, 0.05) is 22.1 Å². The number of benzene rings is 2. The van der Waals surface area contributed by atoms with Crippen LogP contribution in [0.4, 0.5) is 0 Å². The molecule has 7 heteroatoms. The maximum atomic E-state index is 12.4. The van der Waals surface area contributed by atoms with Gasteiger partial charge in [0.2, 0.25) is 5.91 Å². The highest BCUT2D eigenvalue weighted by Gasteiger charge is 2.14. The lowest BCUT2D eigenvalue weighted by molar-refractivity contribution is -0.120. The number of halogens is 1. The highest BCUT2D eigenvalue weighted by atomic mass is 79.9. The van der Waals surface area contributed by atoms with Crippen molar-refractivity contribution >= 4 is 44.6 Å². The molecule has 0 aliphatic rings. The molecule has 2 aromatic carbocycles. The minimum atomic E-state index is -0.180. The molecule has 2 aromatic heterocycles. The molecule has 1 N–H and O–H groups in total. The first-order chi connectivity index (χ1) is 14.1. The molecule has 0 radical (unpaired) electrons. The van der Waals surface area contributed by atoms with Crippen LogP contribution in [0.5, 0.6) is 0 Å². The van der Waals surface area contributed by atoms with Crippen molar-refractivity contribution in [1.82, 2.24) is 19.9 Å². The van der Waals surface area contributed by atoms with Crippen LogP contribution in [-0.2, 0) is 11.3 Å². The van der Waals surface area contributed by atoms with Gasteiger partial charge in [-0.15, -0.1) is 11.8 Å². The minimum Gasteiger partial charge on any atom is -0.351 e. The summed E-state index contributed by atoms with van der Waals surface area (Å²) in [7, 11) is 0. The zero-order valence-corrected chi connectivity index (χ0v) is 18.2. The molecule has 0 fully saturated rings. The quantitative estimate of drug-likeness (QED) is 0.407. The predicted octanol–water partition coefficient (Wildman–Crippen LogP) is 4.98. The van der Waals surface area contributed by atoms with Crippen molar-refractivity contribution in [1.29, 1.82) is 0 Å². The first kappa shape index (κ1) is 19.7. The molecule has 0 aliphatic carbocycles. The van der Waals surface area contributed by atoms with Crippen LogP contribution < -0.4 is 5.32 Å². The number of nitrogens with one attached hydrogen (secondary N) is 1. The fourth-order valence-corrected chi connectivity index (χ4v) is 4.07. The summed E-state index contributed by atoms with van der Waals surface area (Å²) in [5.41, 5.74) is 2.90. The van der Waals surface area contributed by atoms with Crippen LogP contribution in [0.2, 0.25) is 0 Å². The van der Waals surface area contributed by atoms with Gasteiger partial charge >= 0.3 is 0 Å². The Morgan fingerprint density at radius 3 is 2.66 bits per heavy atom. The van der Waals surface area contributed by atoms with Gasteiger partial charge in [-0.2, -0.15) is 0 Å². The van der Waals surface area contributed by atoms with Crippen LogP contribution in [0.1, 0.15) is 12.5 Å². The summed E-state index contributed by atoms with van der Waals surface area (Å²) in [5, 5.41) is 2.81. The molecule has 1 unspecified atom stereocenters. The smallest absolute Gasteiger partial charge is 0.233 e. The van der Waals surface area contributed by atoms with Gasteiger partial charge in [-0.3, -0.25) is 9.36 Å². The van der Waals surface area contributed by atoms with Crippen molar-refractivity contribution in [2.24, 2.45) is 0 Å². The fourth-order valence-electron chi connectivity index (χ4n) is 2.91. The van der Waals surface area contributed by atoms with Crippen LogP contribution in [-0.4, -0.2) is 25.7 Å². The summed E-state index contributed by atoms with van der Waals surface area (Å²) in [4.78, 5) is 22.4. The number of amides is 1. The largest absolute Gasteiger partial charge is 0.351 e. The molecule has 0 spiro atoms. The Hall–Kier alpha value is -2.64. The number of carbonyl (C=O) groups is 1. The third-order valence-corrected chi connectivity index (χ3v) is 6.11. The third kappa shape index (κ3) is 4.68. The number of imidazole rings is 1. The number of para-hydroxylation sites is 2. The summed E-state index contributed by atoms with van der Waals surface area (Å²) in [6, 6.07) is 19.8. The molecule has 146 valence electrons. The lowest BCUT2D eigenvalue weighted by Crippen LogP contribution is -2.30. The monoisotopic (exact) mass is 466 g/mol. The van der Waals surface area contributed by atoms with E-state index in [-0.39, 0.29) is 11.2 Å². The minimum absolute atomic E-state index is 0.00241. The van der Waals surface area contributed by atoms with E-state index in [0.717, 1.165) is 31.8 Å². The van der Waals surface area contributed by atoms with Crippen LogP contribution >= 0.6 is 27.7 Å². The Kier molecular flexibility index (Phi) is 5.97. The van der Waals surface area contributed by atoms with Gasteiger partial charge in [-0.1, -0.05) is 34.1 Å². The molecule has 2 heterocycles. The van der Waals surface area contributed by atoms with Crippen LogP contribution in [0.25, 0.3) is 16.9 Å². The maximum absolute atomic E-state index is 12.4. The normalized spacial score (nSPS) is 12.1. The van der Waals surface area contributed by atoms with Crippen molar-refractivity contribution in [3.8, 4) is 5.82 Å². The number of hydrogen-bond acceptors (Lipinski definition) is 4. The molecule has 5 nitrogen and oxygen atoms in total. The van der Waals surface area contributed by atoms with Gasteiger partial charge in [0.05, 0.1) is 16.3 Å². The maximum Gasteiger partial charge on any atom is 0.233 e. The highest BCUT2D eigenvalue weighted by Crippen LogP contribution is 2.25. The highest BCUT2D eigenvalue weighted by molar-refractivity contribution is 9.10. The number of aromatic nitrogens is 3. The number of thioether (sulfide) groups is 1. The Morgan fingerprint density at radius 2 is 1.90 bits per heavy atom. The standard InChI is InChI=1S/C22H19BrN4OS/c1-15(29-18-9-7-17(23)8-10-18)22(28)25-13-16-6-11-21(24-12-16)27-14-26-19-4-2-3-5-20(19)27/h2-12,14-15H,13H2,1H3,(H,25,28). The van der Waals surface area contributed by atoms with E-state index in [1.807, 2.05) is 72.2 Å². The Balaban J connectivity index is 1.36. The summed E-state index contributed by atoms with van der Waals surface area (Å²) >= 11 is 4.96. The van der Waals surface area contributed by atoms with Crippen molar-refractivity contribution in [2.75, 3.05) is 0 Å². The molecule has 0 bridgehead atoms. The Morgan fingerprint density at radius 1 is 1.10 bits per heavy atom. The summed E-state index contributed by atoms with van der Waals surface area (Å²) in [5.74, 6) is 0.801. The predicted molar refractivity (Wildman–Crippen MR) is 120 cm³/mol. The lowest BCUT2D eigenvalue weighted by Gasteiger charge is -2.12. The van der Waals surface area contributed by atoms with Gasteiger partial charge < -0.3 is 5.32 Å². The van der Waals surface area contributed by atoms with E-state index < -0.39 is 0 Å². The second-order valence-corrected chi connectivity index (χ2v) is 8.89. The second kappa shape index (κ2) is 8.80. The van der Waals surface area contributed by atoms with Crippen molar-refractivity contribution < 1.29 is 4.79 Å². The molecule has 0 saturated heterocycles. The van der Waals surface area contributed by atoms with Gasteiger partial charge in [0.25, 0.3) is 0 Å². The number of hydrogen-bond donors (Lipinski definition) is 1. The molecular formula is C22H19BrN4OS. The van der Waals surface area contributed by atoms with Gasteiger partial charge in [0.15, 0.2) is 0 Å². The van der Waals surface area contributed by atoms with Gasteiger partial charge in [-0.25, -0.2) is 9.97 Å². The van der Waals surface area contributed by atoms with Crippen LogP contribution in [0.3, 0.4) is 0 Å². The van der Waals surface area contributed by atoms with E-state index in [1.165, 1.54) is 11.8 Å². The summed E-state index contributed by atoms with van der Waals surface area (Å²) in [6.07, 6.45) is 3.56. The molecular weight excluding hydrogens is 448 g/mol. The van der Waals surface area contributed by atoms with Crippen molar-refractivity contribution in [3.63, 3.8) is 0 Å². The average Bonchev–Trinajstić information content (AvgIpc) is 3.18. The molecule has 29 heavy (non-hydrogen) atoms. The van der Waals surface area contributed by atoms with E-state index in [1.54, 1.807) is 12.5 Å². The van der Waals surface area contributed by atoms with E-state index >= 15 is 0 Å². The molecule has 4 rings (SSSR count). The molecule has 0 aliphatic heterocycles. The van der Waals surface area contributed by atoms with Crippen molar-refractivity contribution in [2.45, 2.75) is 23.6 Å². The van der Waals surface area contributed by atoms with E-state index in [0.29, 0.717) is 6.54 Å². The zero-order chi connectivity index (χ0) is 20.2. The molecule has 1 amide bonds. The average molecular weight is 467 g/mol. The topological polar surface area (TPSA) is 59.8 Å². The molecule has 4 aromatic rings. The number of carbonyl (C=O) groups excluding carboxylic acids is 1. The van der Waals surface area contributed by atoms with Gasteiger partial charge in [0.1, 0.15) is 12.1 Å². The van der Waals surface area contributed by atoms with E-state index in [9.17, 15) is 4.79 Å².